The van der Waals surface area contributed by atoms with Crippen LogP contribution in [0.25, 0.3) is 6.08 Å². The van der Waals surface area contributed by atoms with Crippen LogP contribution in [-0.2, 0) is 19.4 Å². The smallest absolute Gasteiger partial charge is 0.137 e. The summed E-state index contributed by atoms with van der Waals surface area (Å²) in [5.74, 6) is 2.19. The number of anilines is 1. The minimum Gasteiger partial charge on any atom is -0.378 e. The molecule has 1 aliphatic rings. The van der Waals surface area contributed by atoms with Crippen LogP contribution in [0.3, 0.4) is 0 Å². The van der Waals surface area contributed by atoms with Crippen molar-refractivity contribution in [1.29, 1.82) is 0 Å². The molecule has 0 amide bonds. The van der Waals surface area contributed by atoms with Crippen molar-refractivity contribution in [2.75, 3.05) is 38.6 Å². The van der Waals surface area contributed by atoms with Crippen LogP contribution < -0.4 is 4.90 Å². The van der Waals surface area contributed by atoms with Gasteiger partial charge in [-0.15, -0.1) is 10.2 Å². The average molecular weight is 388 g/mol. The van der Waals surface area contributed by atoms with Gasteiger partial charge in [-0.3, -0.25) is 4.90 Å². The topological polar surface area (TPSA) is 37.2 Å². The molecule has 1 aliphatic heterocycles. The Morgan fingerprint density at radius 3 is 2.48 bits per heavy atom. The Bertz CT molecular complexity index is 941. The molecule has 4 rings (SSSR count). The molecule has 0 bridgehead atoms. The lowest BCUT2D eigenvalue weighted by molar-refractivity contribution is 0.308. The van der Waals surface area contributed by atoms with E-state index < -0.39 is 0 Å². The standard InChI is InChI=1S/C24H29N5/c1-27(2)22-12-10-20(11-13-22)9-6-15-28-16-14-23-25-26-24(29(23)18-17-28)19-21-7-4-3-5-8-21/h3-13H,14-19H2,1-2H3. The fourth-order valence-electron chi connectivity index (χ4n) is 3.74. The SMILES string of the molecule is CN(C)c1ccc(C=CCN2CCc3nnc(Cc4ccccc4)n3CC2)cc1. The number of hydrogen-bond donors (Lipinski definition) is 0. The molecule has 2 heterocycles. The monoisotopic (exact) mass is 387 g/mol. The lowest BCUT2D eigenvalue weighted by atomic mass is 10.1. The van der Waals surface area contributed by atoms with Crippen molar-refractivity contribution in [2.24, 2.45) is 0 Å². The quantitative estimate of drug-likeness (QED) is 0.649. The van der Waals surface area contributed by atoms with E-state index in [0.29, 0.717) is 0 Å². The number of rotatable bonds is 6. The van der Waals surface area contributed by atoms with E-state index in [1.54, 1.807) is 0 Å². The maximum absolute atomic E-state index is 4.46. The van der Waals surface area contributed by atoms with Gasteiger partial charge in [-0.25, -0.2) is 0 Å². The van der Waals surface area contributed by atoms with Gasteiger partial charge in [0.2, 0.25) is 0 Å². The van der Waals surface area contributed by atoms with E-state index in [-0.39, 0.29) is 0 Å². The summed E-state index contributed by atoms with van der Waals surface area (Å²) >= 11 is 0. The van der Waals surface area contributed by atoms with E-state index >= 15 is 0 Å². The first-order valence-corrected chi connectivity index (χ1v) is 10.3. The van der Waals surface area contributed by atoms with Crippen LogP contribution in [0.4, 0.5) is 5.69 Å². The Balaban J connectivity index is 1.34. The molecule has 5 heteroatoms. The van der Waals surface area contributed by atoms with Crippen molar-refractivity contribution < 1.29 is 0 Å². The highest BCUT2D eigenvalue weighted by Gasteiger charge is 2.18. The third-order valence-corrected chi connectivity index (χ3v) is 5.48. The summed E-state index contributed by atoms with van der Waals surface area (Å²) < 4.78 is 2.32. The van der Waals surface area contributed by atoms with Crippen LogP contribution in [0.1, 0.15) is 22.8 Å². The van der Waals surface area contributed by atoms with E-state index in [0.717, 1.165) is 50.7 Å². The van der Waals surface area contributed by atoms with E-state index in [1.165, 1.54) is 16.8 Å². The van der Waals surface area contributed by atoms with E-state index in [9.17, 15) is 0 Å². The van der Waals surface area contributed by atoms with Gasteiger partial charge in [-0.2, -0.15) is 0 Å². The van der Waals surface area contributed by atoms with Crippen LogP contribution >= 0.6 is 0 Å². The lowest BCUT2D eigenvalue weighted by Crippen LogP contribution is -2.27. The van der Waals surface area contributed by atoms with Gasteiger partial charge < -0.3 is 9.47 Å². The van der Waals surface area contributed by atoms with Gasteiger partial charge >= 0.3 is 0 Å². The first-order chi connectivity index (χ1) is 14.2. The summed E-state index contributed by atoms with van der Waals surface area (Å²) in [6.45, 7) is 3.96. The molecule has 0 fully saturated rings. The maximum atomic E-state index is 4.46. The molecule has 2 aromatic carbocycles. The predicted molar refractivity (Wildman–Crippen MR) is 119 cm³/mol. The van der Waals surface area contributed by atoms with Gasteiger partial charge in [-0.1, -0.05) is 54.6 Å². The fourth-order valence-corrected chi connectivity index (χ4v) is 3.74. The number of nitrogens with zero attached hydrogens (tertiary/aromatic N) is 5. The summed E-state index contributed by atoms with van der Waals surface area (Å²) in [6, 6.07) is 19.2. The number of benzene rings is 2. The van der Waals surface area contributed by atoms with Crippen molar-refractivity contribution in [3.8, 4) is 0 Å². The minimum absolute atomic E-state index is 0.844. The molecular weight excluding hydrogens is 358 g/mol. The molecule has 0 atom stereocenters. The van der Waals surface area contributed by atoms with Gasteiger partial charge in [0, 0.05) is 58.8 Å². The summed E-state index contributed by atoms with van der Waals surface area (Å²) in [5.41, 5.74) is 3.75. The lowest BCUT2D eigenvalue weighted by Gasteiger charge is -2.17. The van der Waals surface area contributed by atoms with Gasteiger partial charge in [0.1, 0.15) is 11.6 Å². The third-order valence-electron chi connectivity index (χ3n) is 5.48. The van der Waals surface area contributed by atoms with E-state index in [4.69, 9.17) is 0 Å². The minimum atomic E-state index is 0.844. The normalized spacial score (nSPS) is 14.7. The highest BCUT2D eigenvalue weighted by atomic mass is 15.3. The second-order valence-corrected chi connectivity index (χ2v) is 7.79. The summed E-state index contributed by atoms with van der Waals surface area (Å²) in [4.78, 5) is 4.61. The van der Waals surface area contributed by atoms with Gasteiger partial charge in [-0.05, 0) is 23.3 Å². The van der Waals surface area contributed by atoms with Crippen molar-refractivity contribution in [2.45, 2.75) is 19.4 Å². The zero-order chi connectivity index (χ0) is 20.1. The van der Waals surface area contributed by atoms with Crippen molar-refractivity contribution >= 4 is 11.8 Å². The summed E-state index contributed by atoms with van der Waals surface area (Å²) in [7, 11) is 4.13. The first-order valence-electron chi connectivity index (χ1n) is 10.3. The highest BCUT2D eigenvalue weighted by molar-refractivity contribution is 5.55. The predicted octanol–water partition coefficient (Wildman–Crippen LogP) is 3.51. The second-order valence-electron chi connectivity index (χ2n) is 7.79. The molecule has 0 saturated heterocycles. The van der Waals surface area contributed by atoms with Crippen molar-refractivity contribution in [3.63, 3.8) is 0 Å². The van der Waals surface area contributed by atoms with Gasteiger partial charge in [0.15, 0.2) is 0 Å². The van der Waals surface area contributed by atoms with E-state index in [1.807, 2.05) is 0 Å². The molecule has 0 spiro atoms. The molecule has 0 unspecified atom stereocenters. The molecule has 0 N–H and O–H groups in total. The fraction of sp³-hybridized carbons (Fsp3) is 0.333. The molecule has 0 aliphatic carbocycles. The average Bonchev–Trinajstić information content (AvgIpc) is 3.00. The maximum Gasteiger partial charge on any atom is 0.137 e. The molecule has 3 aromatic rings. The molecule has 150 valence electrons. The van der Waals surface area contributed by atoms with Crippen LogP contribution in [0.5, 0.6) is 0 Å². The van der Waals surface area contributed by atoms with Gasteiger partial charge in [0.25, 0.3) is 0 Å². The Hall–Kier alpha value is -2.92. The Labute approximate surface area is 173 Å². The molecular formula is C24H29N5. The summed E-state index contributed by atoms with van der Waals surface area (Å²) in [6.07, 6.45) is 6.27. The zero-order valence-corrected chi connectivity index (χ0v) is 17.3. The van der Waals surface area contributed by atoms with Crippen molar-refractivity contribution in [1.82, 2.24) is 19.7 Å². The van der Waals surface area contributed by atoms with E-state index in [2.05, 4.69) is 105 Å². The van der Waals surface area contributed by atoms with Crippen LogP contribution in [0.2, 0.25) is 0 Å². The molecule has 0 saturated carbocycles. The number of aromatic nitrogens is 3. The molecule has 5 nitrogen and oxygen atoms in total. The molecule has 0 radical (unpaired) electrons. The van der Waals surface area contributed by atoms with Gasteiger partial charge in [0.05, 0.1) is 0 Å². The second kappa shape index (κ2) is 9.05. The third kappa shape index (κ3) is 4.93. The van der Waals surface area contributed by atoms with Crippen LogP contribution in [-0.4, -0.2) is 53.4 Å². The highest BCUT2D eigenvalue weighted by Crippen LogP contribution is 2.15. The Kier molecular flexibility index (Phi) is 6.06. The molecule has 1 aromatic heterocycles. The Morgan fingerprint density at radius 1 is 0.931 bits per heavy atom. The molecule has 29 heavy (non-hydrogen) atoms. The van der Waals surface area contributed by atoms with Crippen LogP contribution in [0.15, 0.2) is 60.7 Å². The Morgan fingerprint density at radius 2 is 1.72 bits per heavy atom. The first kappa shape index (κ1) is 19.4. The number of hydrogen-bond acceptors (Lipinski definition) is 4. The summed E-state index contributed by atoms with van der Waals surface area (Å²) in [5, 5.41) is 8.92. The largest absolute Gasteiger partial charge is 0.378 e. The van der Waals surface area contributed by atoms with Crippen LogP contribution in [0, 0.1) is 0 Å². The number of fused-ring (bicyclic) bond motifs is 1. The van der Waals surface area contributed by atoms with Crippen molar-refractivity contribution in [3.05, 3.63) is 83.4 Å². The zero-order valence-electron chi connectivity index (χ0n) is 17.3.